The molecule has 6 nitrogen and oxygen atoms in total. The van der Waals surface area contributed by atoms with Crippen molar-refractivity contribution in [3.8, 4) is 0 Å². The number of amides is 1. The highest BCUT2D eigenvalue weighted by molar-refractivity contribution is 9.10. The van der Waals surface area contributed by atoms with E-state index < -0.39 is 11.5 Å². The zero-order chi connectivity index (χ0) is 16.3. The minimum absolute atomic E-state index is 0.189. The molecule has 0 aliphatic carbocycles. The molecule has 1 heterocycles. The maximum absolute atomic E-state index is 12.0. The highest BCUT2D eigenvalue weighted by atomic mass is 79.9. The van der Waals surface area contributed by atoms with E-state index >= 15 is 0 Å². The Morgan fingerprint density at radius 3 is 2.77 bits per heavy atom. The summed E-state index contributed by atoms with van der Waals surface area (Å²) < 4.78 is 2.22. The number of aliphatic carboxylic acids is 1. The molecule has 0 radical (unpaired) electrons. The second kappa shape index (κ2) is 6.31. The van der Waals surface area contributed by atoms with Crippen molar-refractivity contribution < 1.29 is 14.7 Å². The molecule has 1 aromatic heterocycles. The molecule has 1 amide bonds. The van der Waals surface area contributed by atoms with E-state index in [-0.39, 0.29) is 12.3 Å². The summed E-state index contributed by atoms with van der Waals surface area (Å²) in [6.07, 6.45) is 3.17. The van der Waals surface area contributed by atoms with Gasteiger partial charge in [0.1, 0.15) is 0 Å². The maximum atomic E-state index is 12.0. The average molecular weight is 366 g/mol. The van der Waals surface area contributed by atoms with Crippen molar-refractivity contribution in [2.24, 2.45) is 0 Å². The third-order valence-corrected chi connectivity index (χ3v) is 3.71. The number of carbonyl (C=O) groups is 2. The standard InChI is InChI=1S/C15H16BrN3O3/c1-15(2,14(21)22)19-9-12(8-17-19)18-13(20)7-10-4-3-5-11(16)6-10/h3-6,8-9H,7H2,1-2H3,(H,18,20)(H,21,22). The molecule has 0 fully saturated rings. The van der Waals surface area contributed by atoms with Crippen LogP contribution < -0.4 is 5.32 Å². The molecule has 0 bridgehead atoms. The Bertz CT molecular complexity index is 710. The fourth-order valence-corrected chi connectivity index (χ4v) is 2.28. The van der Waals surface area contributed by atoms with E-state index in [0.29, 0.717) is 5.69 Å². The molecule has 0 unspecified atom stereocenters. The topological polar surface area (TPSA) is 84.2 Å². The summed E-state index contributed by atoms with van der Waals surface area (Å²) in [5.41, 5.74) is 0.173. The highest BCUT2D eigenvalue weighted by Crippen LogP contribution is 2.18. The van der Waals surface area contributed by atoms with E-state index in [1.54, 1.807) is 0 Å². The first kappa shape index (κ1) is 16.2. The second-order valence-corrected chi connectivity index (χ2v) is 6.31. The molecule has 116 valence electrons. The minimum atomic E-state index is -1.17. The number of anilines is 1. The number of rotatable bonds is 5. The lowest BCUT2D eigenvalue weighted by Gasteiger charge is -2.19. The van der Waals surface area contributed by atoms with Gasteiger partial charge in [-0.15, -0.1) is 0 Å². The van der Waals surface area contributed by atoms with Gasteiger partial charge in [-0.2, -0.15) is 5.10 Å². The fourth-order valence-electron chi connectivity index (χ4n) is 1.83. The molecule has 7 heteroatoms. The maximum Gasteiger partial charge on any atom is 0.331 e. The van der Waals surface area contributed by atoms with Crippen molar-refractivity contribution >= 4 is 33.5 Å². The zero-order valence-electron chi connectivity index (χ0n) is 12.2. The number of hydrogen-bond acceptors (Lipinski definition) is 3. The van der Waals surface area contributed by atoms with Crippen LogP contribution in [0.3, 0.4) is 0 Å². The number of nitrogens with zero attached hydrogens (tertiary/aromatic N) is 2. The Morgan fingerprint density at radius 1 is 1.41 bits per heavy atom. The Morgan fingerprint density at radius 2 is 2.14 bits per heavy atom. The first-order valence-corrected chi connectivity index (χ1v) is 7.41. The van der Waals surface area contributed by atoms with Crippen molar-refractivity contribution in [2.45, 2.75) is 25.8 Å². The number of halogens is 1. The molecular formula is C15H16BrN3O3. The Hall–Kier alpha value is -2.15. The Balaban J connectivity index is 2.04. The quantitative estimate of drug-likeness (QED) is 0.852. The van der Waals surface area contributed by atoms with E-state index in [1.165, 1.54) is 30.9 Å². The third kappa shape index (κ3) is 3.73. The van der Waals surface area contributed by atoms with Crippen LogP contribution in [0.25, 0.3) is 0 Å². The predicted molar refractivity (Wildman–Crippen MR) is 85.7 cm³/mol. The molecule has 22 heavy (non-hydrogen) atoms. The van der Waals surface area contributed by atoms with Gasteiger partial charge in [0.2, 0.25) is 5.91 Å². The average Bonchev–Trinajstić information content (AvgIpc) is 2.87. The summed E-state index contributed by atoms with van der Waals surface area (Å²) in [6.45, 7) is 3.07. The number of aromatic nitrogens is 2. The van der Waals surface area contributed by atoms with Crippen LogP contribution in [0.15, 0.2) is 41.1 Å². The number of carboxylic acids is 1. The Kier molecular flexibility index (Phi) is 4.65. The van der Waals surface area contributed by atoms with Crippen molar-refractivity contribution in [2.75, 3.05) is 5.32 Å². The van der Waals surface area contributed by atoms with Crippen LogP contribution in [0, 0.1) is 0 Å². The van der Waals surface area contributed by atoms with Gasteiger partial charge in [-0.25, -0.2) is 4.79 Å². The number of carboxylic acid groups (broad SMARTS) is 1. The largest absolute Gasteiger partial charge is 0.479 e. The van der Waals surface area contributed by atoms with Crippen LogP contribution in [0.2, 0.25) is 0 Å². The second-order valence-electron chi connectivity index (χ2n) is 5.39. The summed E-state index contributed by atoms with van der Waals surface area (Å²) in [7, 11) is 0. The molecule has 0 saturated carbocycles. The molecule has 2 N–H and O–H groups in total. The highest BCUT2D eigenvalue weighted by Gasteiger charge is 2.30. The lowest BCUT2D eigenvalue weighted by molar-refractivity contribution is -0.146. The van der Waals surface area contributed by atoms with E-state index in [2.05, 4.69) is 26.3 Å². The number of hydrogen-bond donors (Lipinski definition) is 2. The summed E-state index contributed by atoms with van der Waals surface area (Å²) in [6, 6.07) is 7.48. The van der Waals surface area contributed by atoms with Crippen LogP contribution in [0.5, 0.6) is 0 Å². The fraction of sp³-hybridized carbons (Fsp3) is 0.267. The summed E-state index contributed by atoms with van der Waals surface area (Å²) >= 11 is 3.36. The first-order chi connectivity index (χ1) is 10.3. The summed E-state index contributed by atoms with van der Waals surface area (Å²) in [5, 5.41) is 15.9. The number of carbonyl (C=O) groups excluding carboxylic acids is 1. The van der Waals surface area contributed by atoms with Crippen LogP contribution in [0.1, 0.15) is 19.4 Å². The van der Waals surface area contributed by atoms with Gasteiger partial charge in [-0.05, 0) is 31.5 Å². The van der Waals surface area contributed by atoms with E-state index in [9.17, 15) is 9.59 Å². The van der Waals surface area contributed by atoms with Gasteiger partial charge in [0.25, 0.3) is 0 Å². The van der Waals surface area contributed by atoms with Gasteiger partial charge < -0.3 is 10.4 Å². The van der Waals surface area contributed by atoms with Gasteiger partial charge >= 0.3 is 5.97 Å². The molecule has 2 aromatic rings. The SMILES string of the molecule is CC(C)(C(=O)O)n1cc(NC(=O)Cc2cccc(Br)c2)cn1. The van der Waals surface area contributed by atoms with Crippen molar-refractivity contribution in [3.05, 3.63) is 46.7 Å². The molecule has 0 atom stereocenters. The monoisotopic (exact) mass is 365 g/mol. The summed E-state index contributed by atoms with van der Waals surface area (Å²) in [4.78, 5) is 23.2. The van der Waals surface area contributed by atoms with Gasteiger partial charge in [-0.1, -0.05) is 28.1 Å². The van der Waals surface area contributed by atoms with Crippen molar-refractivity contribution in [3.63, 3.8) is 0 Å². The molecule has 0 saturated heterocycles. The Labute approximate surface area is 136 Å². The number of benzene rings is 1. The molecule has 0 aliphatic rings. The van der Waals surface area contributed by atoms with Crippen LogP contribution in [-0.2, 0) is 21.5 Å². The molecule has 0 aliphatic heterocycles. The van der Waals surface area contributed by atoms with Crippen molar-refractivity contribution in [1.82, 2.24) is 9.78 Å². The normalized spacial score (nSPS) is 11.2. The van der Waals surface area contributed by atoms with Crippen molar-refractivity contribution in [1.29, 1.82) is 0 Å². The van der Waals surface area contributed by atoms with Crippen LogP contribution in [-0.4, -0.2) is 26.8 Å². The molecule has 0 spiro atoms. The van der Waals surface area contributed by atoms with Crippen LogP contribution >= 0.6 is 15.9 Å². The molecule has 2 rings (SSSR count). The van der Waals surface area contributed by atoms with Gasteiger partial charge in [0, 0.05) is 10.7 Å². The first-order valence-electron chi connectivity index (χ1n) is 6.62. The van der Waals surface area contributed by atoms with Gasteiger partial charge in [0.05, 0.1) is 18.3 Å². The smallest absolute Gasteiger partial charge is 0.331 e. The summed E-state index contributed by atoms with van der Waals surface area (Å²) in [5.74, 6) is -1.19. The van der Waals surface area contributed by atoms with E-state index in [1.807, 2.05) is 24.3 Å². The molecular weight excluding hydrogens is 350 g/mol. The zero-order valence-corrected chi connectivity index (χ0v) is 13.8. The van der Waals surface area contributed by atoms with E-state index in [4.69, 9.17) is 5.11 Å². The van der Waals surface area contributed by atoms with Gasteiger partial charge in [0.15, 0.2) is 5.54 Å². The lowest BCUT2D eigenvalue weighted by atomic mass is 10.1. The predicted octanol–water partition coefficient (Wildman–Crippen LogP) is 2.65. The third-order valence-electron chi connectivity index (χ3n) is 3.22. The minimum Gasteiger partial charge on any atom is -0.479 e. The van der Waals surface area contributed by atoms with Gasteiger partial charge in [-0.3, -0.25) is 9.48 Å². The molecule has 1 aromatic carbocycles. The van der Waals surface area contributed by atoms with E-state index in [0.717, 1.165) is 10.0 Å². The lowest BCUT2D eigenvalue weighted by Crippen LogP contribution is -2.35. The van der Waals surface area contributed by atoms with Crippen LogP contribution in [0.4, 0.5) is 5.69 Å². The number of nitrogens with one attached hydrogen (secondary N) is 1.